The van der Waals surface area contributed by atoms with Gasteiger partial charge >= 0.3 is 0 Å². The highest BCUT2D eigenvalue weighted by Gasteiger charge is 2.42. The van der Waals surface area contributed by atoms with Gasteiger partial charge in [0.05, 0.1) is 0 Å². The van der Waals surface area contributed by atoms with E-state index in [0.717, 1.165) is 12.6 Å². The van der Waals surface area contributed by atoms with Crippen LogP contribution >= 0.6 is 0 Å². The molecule has 2 nitrogen and oxygen atoms in total. The topological polar surface area (TPSA) is 15.3 Å². The fourth-order valence-electron chi connectivity index (χ4n) is 4.38. The first-order valence-corrected chi connectivity index (χ1v) is 8.89. The highest BCUT2D eigenvalue weighted by Crippen LogP contribution is 2.41. The maximum atomic E-state index is 3.82. The van der Waals surface area contributed by atoms with Gasteiger partial charge in [0.2, 0.25) is 0 Å². The van der Waals surface area contributed by atoms with Crippen molar-refractivity contribution < 1.29 is 0 Å². The standard InChI is InChI=1S/C18H36N2/c1-6-18(5)11-13-20(14-12-18)15-9-8-10-17(3,4)16(15)19-7-2/h15-16,19H,6-14H2,1-5H3. The van der Waals surface area contributed by atoms with E-state index in [1.165, 1.54) is 51.6 Å². The molecule has 1 saturated carbocycles. The molecule has 20 heavy (non-hydrogen) atoms. The first-order valence-electron chi connectivity index (χ1n) is 8.89. The largest absolute Gasteiger partial charge is 0.312 e. The second-order valence-electron chi connectivity index (χ2n) is 8.18. The van der Waals surface area contributed by atoms with Crippen molar-refractivity contribution in [1.82, 2.24) is 10.2 Å². The lowest BCUT2D eigenvalue weighted by Crippen LogP contribution is -2.60. The van der Waals surface area contributed by atoms with Crippen LogP contribution in [0.4, 0.5) is 0 Å². The summed E-state index contributed by atoms with van der Waals surface area (Å²) in [6, 6.07) is 1.44. The van der Waals surface area contributed by atoms with E-state index in [4.69, 9.17) is 0 Å². The van der Waals surface area contributed by atoms with Crippen LogP contribution in [-0.2, 0) is 0 Å². The van der Waals surface area contributed by atoms with E-state index in [2.05, 4.69) is 44.8 Å². The maximum absolute atomic E-state index is 3.82. The molecule has 0 amide bonds. The Bertz CT molecular complexity index is 303. The SMILES string of the molecule is CCNC1C(N2CCC(C)(CC)CC2)CCCC1(C)C. The van der Waals surface area contributed by atoms with E-state index in [1.807, 2.05) is 0 Å². The fraction of sp³-hybridized carbons (Fsp3) is 1.00. The molecule has 118 valence electrons. The van der Waals surface area contributed by atoms with Crippen LogP contribution in [-0.4, -0.2) is 36.6 Å². The van der Waals surface area contributed by atoms with E-state index in [9.17, 15) is 0 Å². The van der Waals surface area contributed by atoms with Crippen LogP contribution in [0, 0.1) is 10.8 Å². The lowest BCUT2D eigenvalue weighted by molar-refractivity contribution is 0.0114. The number of hydrogen-bond acceptors (Lipinski definition) is 2. The Hall–Kier alpha value is -0.0800. The molecule has 0 bridgehead atoms. The third kappa shape index (κ3) is 3.39. The van der Waals surface area contributed by atoms with Gasteiger partial charge in [0, 0.05) is 12.1 Å². The number of likely N-dealkylation sites (tertiary alicyclic amines) is 1. The monoisotopic (exact) mass is 280 g/mol. The van der Waals surface area contributed by atoms with E-state index in [0.29, 0.717) is 16.9 Å². The molecule has 1 saturated heterocycles. The number of likely N-dealkylation sites (N-methyl/N-ethyl adjacent to an activating group) is 1. The normalized spacial score (nSPS) is 34.0. The van der Waals surface area contributed by atoms with Crippen LogP contribution < -0.4 is 5.32 Å². The van der Waals surface area contributed by atoms with Gasteiger partial charge in [-0.2, -0.15) is 0 Å². The minimum Gasteiger partial charge on any atom is -0.312 e. The first-order chi connectivity index (χ1) is 9.42. The van der Waals surface area contributed by atoms with Crippen molar-refractivity contribution in [1.29, 1.82) is 0 Å². The zero-order chi connectivity index (χ0) is 14.8. The third-order valence-electron chi connectivity index (χ3n) is 6.30. The van der Waals surface area contributed by atoms with E-state index in [-0.39, 0.29) is 0 Å². The summed E-state index contributed by atoms with van der Waals surface area (Å²) in [4.78, 5) is 2.81. The average Bonchev–Trinajstić information content (AvgIpc) is 2.42. The molecular weight excluding hydrogens is 244 g/mol. The van der Waals surface area contributed by atoms with Crippen molar-refractivity contribution in [3.05, 3.63) is 0 Å². The number of hydrogen-bond donors (Lipinski definition) is 1. The van der Waals surface area contributed by atoms with Crippen LogP contribution in [0.25, 0.3) is 0 Å². The second kappa shape index (κ2) is 6.36. The van der Waals surface area contributed by atoms with Crippen molar-refractivity contribution in [3.8, 4) is 0 Å². The predicted octanol–water partition coefficient (Wildman–Crippen LogP) is 4.06. The summed E-state index contributed by atoms with van der Waals surface area (Å²) in [6.45, 7) is 15.8. The Kier molecular flexibility index (Phi) is 5.18. The van der Waals surface area contributed by atoms with Gasteiger partial charge in [-0.15, -0.1) is 0 Å². The Morgan fingerprint density at radius 2 is 1.70 bits per heavy atom. The molecule has 2 fully saturated rings. The Labute approximate surface area is 126 Å². The Balaban J connectivity index is 2.03. The Morgan fingerprint density at radius 3 is 2.25 bits per heavy atom. The quantitative estimate of drug-likeness (QED) is 0.835. The summed E-state index contributed by atoms with van der Waals surface area (Å²) >= 11 is 0. The van der Waals surface area contributed by atoms with Crippen molar-refractivity contribution in [3.63, 3.8) is 0 Å². The van der Waals surface area contributed by atoms with E-state index in [1.54, 1.807) is 0 Å². The van der Waals surface area contributed by atoms with Gasteiger partial charge in [-0.1, -0.05) is 47.5 Å². The molecule has 0 aromatic carbocycles. The number of nitrogens with zero attached hydrogens (tertiary/aromatic N) is 1. The average molecular weight is 280 g/mol. The van der Waals surface area contributed by atoms with Crippen molar-refractivity contribution in [2.75, 3.05) is 19.6 Å². The number of rotatable bonds is 4. The molecule has 2 rings (SSSR count). The fourth-order valence-corrected chi connectivity index (χ4v) is 4.38. The maximum Gasteiger partial charge on any atom is 0.0274 e. The highest BCUT2D eigenvalue weighted by molar-refractivity contribution is 4.99. The third-order valence-corrected chi connectivity index (χ3v) is 6.30. The summed E-state index contributed by atoms with van der Waals surface area (Å²) in [5, 5.41) is 3.82. The van der Waals surface area contributed by atoms with Crippen LogP contribution in [0.3, 0.4) is 0 Å². The molecule has 2 atom stereocenters. The lowest BCUT2D eigenvalue weighted by Gasteiger charge is -2.51. The minimum absolute atomic E-state index is 0.449. The Morgan fingerprint density at radius 1 is 1.05 bits per heavy atom. The molecule has 0 spiro atoms. The van der Waals surface area contributed by atoms with Gasteiger partial charge in [0.15, 0.2) is 0 Å². The lowest BCUT2D eigenvalue weighted by atomic mass is 9.69. The molecule has 2 aliphatic rings. The molecule has 1 heterocycles. The number of piperidine rings is 1. The minimum atomic E-state index is 0.449. The first kappa shape index (κ1) is 16.3. The van der Waals surface area contributed by atoms with Crippen molar-refractivity contribution in [2.45, 2.75) is 85.2 Å². The van der Waals surface area contributed by atoms with Gasteiger partial charge in [0.1, 0.15) is 0 Å². The van der Waals surface area contributed by atoms with Crippen molar-refractivity contribution >= 4 is 0 Å². The molecule has 1 aliphatic heterocycles. The predicted molar refractivity (Wildman–Crippen MR) is 88.1 cm³/mol. The molecule has 2 heteroatoms. The molecule has 1 aliphatic carbocycles. The molecule has 0 aromatic heterocycles. The zero-order valence-corrected chi connectivity index (χ0v) is 14.5. The van der Waals surface area contributed by atoms with Crippen LogP contribution in [0.15, 0.2) is 0 Å². The van der Waals surface area contributed by atoms with E-state index >= 15 is 0 Å². The molecule has 0 aromatic rings. The summed E-state index contributed by atoms with van der Waals surface area (Å²) in [7, 11) is 0. The summed E-state index contributed by atoms with van der Waals surface area (Å²) in [5.74, 6) is 0. The smallest absolute Gasteiger partial charge is 0.0274 e. The number of nitrogens with one attached hydrogen (secondary N) is 1. The van der Waals surface area contributed by atoms with Gasteiger partial charge in [-0.3, -0.25) is 4.90 Å². The van der Waals surface area contributed by atoms with Crippen LogP contribution in [0.5, 0.6) is 0 Å². The van der Waals surface area contributed by atoms with Gasteiger partial charge < -0.3 is 5.32 Å². The van der Waals surface area contributed by atoms with Gasteiger partial charge in [-0.05, 0) is 56.1 Å². The molecule has 0 radical (unpaired) electrons. The van der Waals surface area contributed by atoms with Crippen LogP contribution in [0.2, 0.25) is 0 Å². The zero-order valence-electron chi connectivity index (χ0n) is 14.5. The summed E-state index contributed by atoms with van der Waals surface area (Å²) in [5.41, 5.74) is 1.05. The second-order valence-corrected chi connectivity index (χ2v) is 8.18. The van der Waals surface area contributed by atoms with Crippen LogP contribution in [0.1, 0.15) is 73.1 Å². The van der Waals surface area contributed by atoms with Gasteiger partial charge in [0.25, 0.3) is 0 Å². The van der Waals surface area contributed by atoms with E-state index < -0.39 is 0 Å². The summed E-state index contributed by atoms with van der Waals surface area (Å²) < 4.78 is 0. The highest BCUT2D eigenvalue weighted by atomic mass is 15.2. The summed E-state index contributed by atoms with van der Waals surface area (Å²) in [6.07, 6.45) is 8.29. The molecular formula is C18H36N2. The molecule has 2 unspecified atom stereocenters. The van der Waals surface area contributed by atoms with Crippen molar-refractivity contribution in [2.24, 2.45) is 10.8 Å². The molecule has 1 N–H and O–H groups in total. The van der Waals surface area contributed by atoms with Gasteiger partial charge in [-0.25, -0.2) is 0 Å².